The van der Waals surface area contributed by atoms with Crippen molar-refractivity contribution in [2.75, 3.05) is 0 Å². The molecule has 34 heavy (non-hydrogen) atoms. The van der Waals surface area contributed by atoms with E-state index in [1.165, 1.54) is 0 Å². The standard InChI is InChI=1S/3C6H6O2Se.C6H6.Sn/c3*7-9(8)6-4-2-1-3-5-6;1-2-4-6-5-3-1;/h3*1-5H,(H,7,8);1-6H;/p-3. The molecule has 0 aliphatic rings. The molecule has 4 aromatic carbocycles. The van der Waals surface area contributed by atoms with E-state index >= 15 is 0 Å². The molecule has 4 rings (SSSR count). The summed E-state index contributed by atoms with van der Waals surface area (Å²) >= 11 is -8.73. The maximum atomic E-state index is 10.3. The summed E-state index contributed by atoms with van der Waals surface area (Å²) in [5.74, 6) is 0. The molecule has 10 heteroatoms. The summed E-state index contributed by atoms with van der Waals surface area (Å²) in [7, 11) is 0. The molecule has 0 bridgehead atoms. The first kappa shape index (κ1) is 32.5. The summed E-state index contributed by atoms with van der Waals surface area (Å²) in [4.78, 5) is 0. The molecule has 3 unspecified atom stereocenters. The minimum absolute atomic E-state index is 0. The normalized spacial score (nSPS) is 11.7. The van der Waals surface area contributed by atoms with Gasteiger partial charge in [0.15, 0.2) is 0 Å². The van der Waals surface area contributed by atoms with Crippen molar-refractivity contribution in [1.82, 2.24) is 0 Å². The molecule has 4 radical (unpaired) electrons. The van der Waals surface area contributed by atoms with Crippen molar-refractivity contribution < 1.29 is 24.1 Å². The largest absolute Gasteiger partial charge is 0.0623 e. The number of benzene rings is 4. The van der Waals surface area contributed by atoms with Gasteiger partial charge in [-0.15, -0.1) is 0 Å². The molecular formula is C24H21O6Se3Sn-3. The summed E-state index contributed by atoms with van der Waals surface area (Å²) in [6.07, 6.45) is 0. The third-order valence-corrected chi connectivity index (χ3v) is 7.61. The third-order valence-electron chi connectivity index (χ3n) is 3.47. The zero-order chi connectivity index (χ0) is 24.3. The quantitative estimate of drug-likeness (QED) is 0.243. The first-order chi connectivity index (χ1) is 15.9. The number of hydrogen-bond acceptors (Lipinski definition) is 6. The van der Waals surface area contributed by atoms with Crippen molar-refractivity contribution >= 4 is 79.8 Å². The van der Waals surface area contributed by atoms with Gasteiger partial charge in [-0.2, -0.15) is 0 Å². The van der Waals surface area contributed by atoms with Crippen molar-refractivity contribution in [1.29, 1.82) is 0 Å². The van der Waals surface area contributed by atoms with Crippen molar-refractivity contribution in [2.45, 2.75) is 0 Å². The molecule has 0 fully saturated rings. The molecule has 3 atom stereocenters. The van der Waals surface area contributed by atoms with Gasteiger partial charge in [0.25, 0.3) is 0 Å². The van der Waals surface area contributed by atoms with Gasteiger partial charge in [0.05, 0.1) is 0 Å². The van der Waals surface area contributed by atoms with Gasteiger partial charge in [-0.25, -0.2) is 0 Å². The van der Waals surface area contributed by atoms with Crippen LogP contribution >= 0.6 is 0 Å². The van der Waals surface area contributed by atoms with Crippen LogP contribution in [0.15, 0.2) is 127 Å². The van der Waals surface area contributed by atoms with Crippen LogP contribution < -0.4 is 26.0 Å². The first-order valence-corrected chi connectivity index (χ1v) is 16.1. The molecule has 0 aliphatic carbocycles. The molecule has 0 saturated carbocycles. The Bertz CT molecular complexity index is 942. The Kier molecular flexibility index (Phi) is 19.9. The van der Waals surface area contributed by atoms with E-state index in [4.69, 9.17) is 0 Å². The fraction of sp³-hybridized carbons (Fsp3) is 0. The second-order valence-corrected chi connectivity index (χ2v) is 11.7. The zero-order valence-electron chi connectivity index (χ0n) is 17.8. The van der Waals surface area contributed by atoms with E-state index < -0.39 is 42.5 Å². The van der Waals surface area contributed by atoms with Crippen molar-refractivity contribution in [3.05, 3.63) is 127 Å². The van der Waals surface area contributed by atoms with Gasteiger partial charge in [0, 0.05) is 23.9 Å². The maximum Gasteiger partial charge on any atom is 0 e. The predicted molar refractivity (Wildman–Crippen MR) is 130 cm³/mol. The van der Waals surface area contributed by atoms with Crippen LogP contribution in [0, 0.1) is 0 Å². The van der Waals surface area contributed by atoms with Gasteiger partial charge in [0.1, 0.15) is 0 Å². The fourth-order valence-corrected chi connectivity index (χ4v) is 4.37. The van der Waals surface area contributed by atoms with Crippen LogP contribution in [-0.4, -0.2) is 66.4 Å². The molecule has 0 heterocycles. The molecule has 4 aromatic rings. The Morgan fingerprint density at radius 1 is 0.353 bits per heavy atom. The van der Waals surface area contributed by atoms with E-state index in [9.17, 15) is 24.1 Å². The van der Waals surface area contributed by atoms with Gasteiger partial charge in [-0.3, -0.25) is 0 Å². The Hall–Kier alpha value is -1.48. The van der Waals surface area contributed by atoms with Crippen molar-refractivity contribution in [3.8, 4) is 0 Å². The SMILES string of the molecule is O=[Se]([O-])c1ccccc1.O=[Se]([O-])c1ccccc1.O=[Se]([O-])c1ccccc1.[Sn].c1ccccc1. The van der Waals surface area contributed by atoms with Crippen molar-refractivity contribution in [2.24, 2.45) is 0 Å². The van der Waals surface area contributed by atoms with E-state index in [0.29, 0.717) is 13.4 Å². The summed E-state index contributed by atoms with van der Waals surface area (Å²) in [6, 6.07) is 37.2. The van der Waals surface area contributed by atoms with Gasteiger partial charge >= 0.3 is 171 Å². The van der Waals surface area contributed by atoms with Crippen LogP contribution in [0.25, 0.3) is 0 Å². The Morgan fingerprint density at radius 2 is 0.500 bits per heavy atom. The summed E-state index contributed by atoms with van der Waals surface area (Å²) < 4.78 is 63.1. The van der Waals surface area contributed by atoms with E-state index in [2.05, 4.69) is 0 Å². The molecule has 178 valence electrons. The van der Waals surface area contributed by atoms with E-state index in [1.54, 1.807) is 91.0 Å². The minimum Gasteiger partial charge on any atom is -0.0623 e. The molecule has 0 aliphatic heterocycles. The molecule has 0 amide bonds. The number of rotatable bonds is 3. The Morgan fingerprint density at radius 3 is 0.618 bits per heavy atom. The fourth-order valence-electron chi connectivity index (χ4n) is 1.98. The maximum absolute atomic E-state index is 10.3. The van der Waals surface area contributed by atoms with E-state index in [1.807, 2.05) is 36.4 Å². The smallest absolute Gasteiger partial charge is 0 e. The van der Waals surface area contributed by atoms with Crippen LogP contribution in [0.1, 0.15) is 0 Å². The Balaban J connectivity index is 0.000000427. The molecule has 0 aromatic heterocycles. The predicted octanol–water partition coefficient (Wildman–Crippen LogP) is -1.18. The second-order valence-electron chi connectivity index (χ2n) is 5.80. The molecule has 0 spiro atoms. The Labute approximate surface area is 229 Å². The summed E-state index contributed by atoms with van der Waals surface area (Å²) in [6.45, 7) is 0. The van der Waals surface area contributed by atoms with E-state index in [0.717, 1.165) is 0 Å². The molecule has 6 nitrogen and oxygen atoms in total. The van der Waals surface area contributed by atoms with Crippen LogP contribution in [-0.2, 0) is 11.5 Å². The molecule has 0 saturated heterocycles. The van der Waals surface area contributed by atoms with Crippen molar-refractivity contribution in [3.63, 3.8) is 0 Å². The number of hydrogen-bond donors (Lipinski definition) is 0. The molecule has 0 N–H and O–H groups in total. The monoisotopic (exact) mass is 765 g/mol. The third kappa shape index (κ3) is 16.2. The first-order valence-electron chi connectivity index (χ1n) is 9.34. The van der Waals surface area contributed by atoms with Crippen LogP contribution in [0.3, 0.4) is 0 Å². The average molecular weight is 761 g/mol. The van der Waals surface area contributed by atoms with Crippen LogP contribution in [0.5, 0.6) is 0 Å². The summed E-state index contributed by atoms with van der Waals surface area (Å²) in [5, 5.41) is 0. The van der Waals surface area contributed by atoms with Gasteiger partial charge in [-0.05, 0) is 0 Å². The minimum atomic E-state index is -2.91. The summed E-state index contributed by atoms with van der Waals surface area (Å²) in [5.41, 5.74) is 0. The average Bonchev–Trinajstić information content (AvgIpc) is 2.88. The van der Waals surface area contributed by atoms with Crippen LogP contribution in [0.4, 0.5) is 0 Å². The van der Waals surface area contributed by atoms with Crippen LogP contribution in [0.2, 0.25) is 0 Å². The topological polar surface area (TPSA) is 120 Å². The van der Waals surface area contributed by atoms with Gasteiger partial charge < -0.3 is 0 Å². The molecular weight excluding hydrogens is 740 g/mol. The van der Waals surface area contributed by atoms with Gasteiger partial charge in [-0.1, -0.05) is 36.4 Å². The van der Waals surface area contributed by atoms with E-state index in [-0.39, 0.29) is 23.9 Å². The second kappa shape index (κ2) is 20.9. The zero-order valence-corrected chi connectivity index (χ0v) is 25.8. The van der Waals surface area contributed by atoms with Gasteiger partial charge in [0.2, 0.25) is 0 Å².